The molecule has 0 aliphatic heterocycles. The van der Waals surface area contributed by atoms with Crippen LogP contribution >= 0.6 is 0 Å². The minimum Gasteiger partial charge on any atom is -0.346 e. The van der Waals surface area contributed by atoms with Crippen LogP contribution in [0.25, 0.3) is 11.1 Å². The molecule has 2 aromatic heterocycles. The third-order valence-corrected chi connectivity index (χ3v) is 5.37. The Balaban J connectivity index is 1.75. The SMILES string of the molecule is Cc1ccc(C(=O)NCc2cc(-c3cnn(C)c3)ccn2)cc1S(C)(=O)=O. The predicted molar refractivity (Wildman–Crippen MR) is 102 cm³/mol. The third-order valence-electron chi connectivity index (χ3n) is 4.13. The second kappa shape index (κ2) is 7.32. The number of nitrogens with one attached hydrogen (secondary N) is 1. The number of aryl methyl sites for hydroxylation is 2. The minimum absolute atomic E-state index is 0.159. The van der Waals surface area contributed by atoms with Crippen LogP contribution in [0.15, 0.2) is 53.8 Å². The number of benzene rings is 1. The first-order chi connectivity index (χ1) is 12.7. The van der Waals surface area contributed by atoms with E-state index in [1.54, 1.807) is 36.1 Å². The van der Waals surface area contributed by atoms with E-state index in [0.717, 1.165) is 17.4 Å². The number of hydrogen-bond acceptors (Lipinski definition) is 5. The number of hydrogen-bond donors (Lipinski definition) is 1. The molecule has 0 saturated heterocycles. The van der Waals surface area contributed by atoms with Gasteiger partial charge in [-0.2, -0.15) is 5.10 Å². The smallest absolute Gasteiger partial charge is 0.251 e. The van der Waals surface area contributed by atoms with Crippen LogP contribution in [0.1, 0.15) is 21.6 Å². The van der Waals surface area contributed by atoms with Gasteiger partial charge in [-0.3, -0.25) is 14.5 Å². The number of nitrogens with zero attached hydrogens (tertiary/aromatic N) is 3. The lowest BCUT2D eigenvalue weighted by Crippen LogP contribution is -2.23. The molecule has 0 radical (unpaired) electrons. The average molecular weight is 384 g/mol. The summed E-state index contributed by atoms with van der Waals surface area (Å²) in [6.45, 7) is 1.93. The molecule has 27 heavy (non-hydrogen) atoms. The van der Waals surface area contributed by atoms with Gasteiger partial charge in [-0.15, -0.1) is 0 Å². The van der Waals surface area contributed by atoms with Gasteiger partial charge < -0.3 is 5.32 Å². The van der Waals surface area contributed by atoms with E-state index in [-0.39, 0.29) is 17.3 Å². The lowest BCUT2D eigenvalue weighted by Gasteiger charge is -2.09. The highest BCUT2D eigenvalue weighted by Gasteiger charge is 2.15. The summed E-state index contributed by atoms with van der Waals surface area (Å²) in [7, 11) is -1.55. The highest BCUT2D eigenvalue weighted by molar-refractivity contribution is 7.90. The molecule has 7 nitrogen and oxygen atoms in total. The van der Waals surface area contributed by atoms with Crippen molar-refractivity contribution in [1.29, 1.82) is 0 Å². The molecule has 0 spiro atoms. The highest BCUT2D eigenvalue weighted by Crippen LogP contribution is 2.19. The summed E-state index contributed by atoms with van der Waals surface area (Å²) in [6.07, 6.45) is 6.47. The van der Waals surface area contributed by atoms with Crippen molar-refractivity contribution < 1.29 is 13.2 Å². The van der Waals surface area contributed by atoms with Gasteiger partial charge in [0.15, 0.2) is 9.84 Å². The Hall–Kier alpha value is -3.00. The van der Waals surface area contributed by atoms with E-state index < -0.39 is 9.84 Å². The molecular weight excluding hydrogens is 364 g/mol. The molecule has 3 rings (SSSR count). The molecule has 2 heterocycles. The summed E-state index contributed by atoms with van der Waals surface area (Å²) in [6, 6.07) is 8.40. The molecule has 8 heteroatoms. The van der Waals surface area contributed by atoms with E-state index in [9.17, 15) is 13.2 Å². The van der Waals surface area contributed by atoms with E-state index in [4.69, 9.17) is 0 Å². The van der Waals surface area contributed by atoms with Gasteiger partial charge in [0.1, 0.15) is 0 Å². The molecule has 0 saturated carbocycles. The fourth-order valence-corrected chi connectivity index (χ4v) is 3.73. The zero-order valence-electron chi connectivity index (χ0n) is 15.3. The monoisotopic (exact) mass is 384 g/mol. The van der Waals surface area contributed by atoms with Crippen LogP contribution < -0.4 is 5.32 Å². The molecule has 3 aromatic rings. The lowest BCUT2D eigenvalue weighted by molar-refractivity contribution is 0.0950. The minimum atomic E-state index is -3.39. The van der Waals surface area contributed by atoms with Gasteiger partial charge in [-0.05, 0) is 42.3 Å². The van der Waals surface area contributed by atoms with Crippen molar-refractivity contribution in [3.63, 3.8) is 0 Å². The number of aromatic nitrogens is 3. The molecule has 0 aliphatic rings. The largest absolute Gasteiger partial charge is 0.346 e. The van der Waals surface area contributed by atoms with Crippen LogP contribution in [0, 0.1) is 6.92 Å². The summed E-state index contributed by atoms with van der Waals surface area (Å²) in [5.41, 5.74) is 3.52. The Morgan fingerprint density at radius 1 is 1.19 bits per heavy atom. The van der Waals surface area contributed by atoms with Crippen molar-refractivity contribution in [2.75, 3.05) is 6.26 Å². The third kappa shape index (κ3) is 4.40. The van der Waals surface area contributed by atoms with Crippen LogP contribution in [0.5, 0.6) is 0 Å². The molecule has 1 N–H and O–H groups in total. The Morgan fingerprint density at radius 3 is 2.63 bits per heavy atom. The molecule has 0 atom stereocenters. The molecule has 0 aliphatic carbocycles. The van der Waals surface area contributed by atoms with Gasteiger partial charge in [0.25, 0.3) is 5.91 Å². The quantitative estimate of drug-likeness (QED) is 0.727. The Kier molecular flexibility index (Phi) is 5.09. The standard InChI is InChI=1S/C19H20N4O3S/c1-13-4-5-15(9-18(13)27(3,25)26)19(24)21-11-17-8-14(6-7-20-17)16-10-22-23(2)12-16/h4-10,12H,11H2,1-3H3,(H,21,24). The molecule has 0 unspecified atom stereocenters. The fourth-order valence-electron chi connectivity index (χ4n) is 2.74. The zero-order chi connectivity index (χ0) is 19.6. The van der Waals surface area contributed by atoms with Crippen molar-refractivity contribution >= 4 is 15.7 Å². The van der Waals surface area contributed by atoms with E-state index in [1.807, 2.05) is 25.4 Å². The van der Waals surface area contributed by atoms with Crippen LogP contribution in [0.4, 0.5) is 0 Å². The highest BCUT2D eigenvalue weighted by atomic mass is 32.2. The second-order valence-electron chi connectivity index (χ2n) is 6.37. The number of carbonyl (C=O) groups excluding carboxylic acids is 1. The molecule has 0 fully saturated rings. The number of amides is 1. The van der Waals surface area contributed by atoms with Crippen molar-refractivity contribution in [2.45, 2.75) is 18.4 Å². The second-order valence-corrected chi connectivity index (χ2v) is 8.36. The van der Waals surface area contributed by atoms with Crippen molar-refractivity contribution in [1.82, 2.24) is 20.1 Å². The van der Waals surface area contributed by atoms with Crippen molar-refractivity contribution in [2.24, 2.45) is 7.05 Å². The number of pyridine rings is 1. The van der Waals surface area contributed by atoms with Gasteiger partial charge in [0.05, 0.1) is 23.3 Å². The van der Waals surface area contributed by atoms with Crippen LogP contribution in [-0.4, -0.2) is 35.3 Å². The van der Waals surface area contributed by atoms with Crippen LogP contribution in [0.2, 0.25) is 0 Å². The molecule has 1 aromatic carbocycles. The maximum absolute atomic E-state index is 12.4. The van der Waals surface area contributed by atoms with Crippen molar-refractivity contribution in [3.8, 4) is 11.1 Å². The number of carbonyl (C=O) groups is 1. The number of rotatable bonds is 5. The first kappa shape index (κ1) is 18.8. The topological polar surface area (TPSA) is 93.9 Å². The normalized spacial score (nSPS) is 11.4. The van der Waals surface area contributed by atoms with E-state index in [2.05, 4.69) is 15.4 Å². The summed E-state index contributed by atoms with van der Waals surface area (Å²) >= 11 is 0. The summed E-state index contributed by atoms with van der Waals surface area (Å²) in [5, 5.41) is 6.93. The van der Waals surface area contributed by atoms with Gasteiger partial charge in [-0.1, -0.05) is 6.07 Å². The first-order valence-corrected chi connectivity index (χ1v) is 10.2. The van der Waals surface area contributed by atoms with E-state index in [0.29, 0.717) is 16.8 Å². The van der Waals surface area contributed by atoms with Crippen molar-refractivity contribution in [3.05, 3.63) is 65.7 Å². The van der Waals surface area contributed by atoms with Gasteiger partial charge in [-0.25, -0.2) is 8.42 Å². The lowest BCUT2D eigenvalue weighted by atomic mass is 10.1. The molecule has 1 amide bonds. The summed E-state index contributed by atoms with van der Waals surface area (Å²) in [4.78, 5) is 16.8. The summed E-state index contributed by atoms with van der Waals surface area (Å²) in [5.74, 6) is -0.353. The summed E-state index contributed by atoms with van der Waals surface area (Å²) < 4.78 is 25.4. The van der Waals surface area contributed by atoms with E-state index >= 15 is 0 Å². The van der Waals surface area contributed by atoms with Gasteiger partial charge >= 0.3 is 0 Å². The maximum Gasteiger partial charge on any atom is 0.251 e. The Morgan fingerprint density at radius 2 is 1.96 bits per heavy atom. The number of sulfone groups is 1. The molecule has 0 bridgehead atoms. The van der Waals surface area contributed by atoms with E-state index in [1.165, 1.54) is 6.07 Å². The molecule has 140 valence electrons. The van der Waals surface area contributed by atoms with Crippen LogP contribution in [-0.2, 0) is 23.4 Å². The Labute approximate surface area is 158 Å². The maximum atomic E-state index is 12.4. The molecular formula is C19H20N4O3S. The fraction of sp³-hybridized carbons (Fsp3) is 0.211. The first-order valence-electron chi connectivity index (χ1n) is 8.27. The Bertz CT molecular complexity index is 1100. The van der Waals surface area contributed by atoms with Crippen LogP contribution in [0.3, 0.4) is 0 Å². The van der Waals surface area contributed by atoms with Gasteiger partial charge in [0, 0.05) is 36.8 Å². The average Bonchev–Trinajstić information content (AvgIpc) is 3.06. The predicted octanol–water partition coefficient (Wildman–Crippen LogP) is 2.12. The van der Waals surface area contributed by atoms with Gasteiger partial charge in [0.2, 0.25) is 0 Å². The zero-order valence-corrected chi connectivity index (χ0v) is 16.1.